The van der Waals surface area contributed by atoms with Crippen LogP contribution in [-0.4, -0.2) is 43.3 Å². The van der Waals surface area contributed by atoms with Crippen molar-refractivity contribution in [3.05, 3.63) is 35.9 Å². The summed E-state index contributed by atoms with van der Waals surface area (Å²) in [6, 6.07) is 11.5. The minimum Gasteiger partial charge on any atom is -0.373 e. The molecule has 0 radical (unpaired) electrons. The van der Waals surface area contributed by atoms with Gasteiger partial charge in [-0.25, -0.2) is 0 Å². The van der Waals surface area contributed by atoms with E-state index in [0.717, 1.165) is 13.1 Å². The van der Waals surface area contributed by atoms with E-state index in [0.29, 0.717) is 24.3 Å². The predicted molar refractivity (Wildman–Crippen MR) is 79.3 cm³/mol. The molecule has 4 atom stereocenters. The maximum atomic E-state index is 5.82. The van der Waals surface area contributed by atoms with E-state index >= 15 is 0 Å². The molecule has 1 aliphatic rings. The molecule has 1 aromatic carbocycles. The Morgan fingerprint density at radius 2 is 1.74 bits per heavy atom. The molecule has 2 rings (SSSR count). The van der Waals surface area contributed by atoms with Gasteiger partial charge in [-0.3, -0.25) is 4.90 Å². The fourth-order valence-corrected chi connectivity index (χ4v) is 3.11. The first-order chi connectivity index (χ1) is 9.11. The summed E-state index contributed by atoms with van der Waals surface area (Å²) in [7, 11) is 2.04. The number of nitrogens with zero attached hydrogens (tertiary/aromatic N) is 1. The zero-order valence-electron chi connectivity index (χ0n) is 12.5. The maximum absolute atomic E-state index is 5.82. The Hall–Kier alpha value is -0.900. The second-order valence-corrected chi connectivity index (χ2v) is 5.63. The van der Waals surface area contributed by atoms with Crippen molar-refractivity contribution in [1.29, 1.82) is 0 Å². The highest BCUT2D eigenvalue weighted by atomic mass is 16.5. The highest BCUT2D eigenvalue weighted by Crippen LogP contribution is 2.23. The van der Waals surface area contributed by atoms with Crippen LogP contribution in [-0.2, 0) is 4.74 Å². The van der Waals surface area contributed by atoms with E-state index in [2.05, 4.69) is 61.3 Å². The first-order valence-corrected chi connectivity index (χ1v) is 7.23. The summed E-state index contributed by atoms with van der Waals surface area (Å²) in [5.74, 6) is 0. The van der Waals surface area contributed by atoms with E-state index in [9.17, 15) is 0 Å². The molecule has 1 saturated heterocycles. The van der Waals surface area contributed by atoms with Gasteiger partial charge in [0.15, 0.2) is 0 Å². The third-order valence-electron chi connectivity index (χ3n) is 3.98. The SMILES string of the molecule is CNC(c1ccccc1)C(C)N1C[C@@H](C)O[C@@H](C)C1. The number of rotatable bonds is 4. The van der Waals surface area contributed by atoms with Gasteiger partial charge in [-0.15, -0.1) is 0 Å². The van der Waals surface area contributed by atoms with Crippen molar-refractivity contribution in [2.45, 2.75) is 45.1 Å². The molecule has 0 aliphatic carbocycles. The lowest BCUT2D eigenvalue weighted by Gasteiger charge is -2.41. The molecule has 0 amide bonds. The Morgan fingerprint density at radius 3 is 2.26 bits per heavy atom. The predicted octanol–water partition coefficient (Wildman–Crippen LogP) is 2.44. The second kappa shape index (κ2) is 6.51. The van der Waals surface area contributed by atoms with Crippen molar-refractivity contribution < 1.29 is 4.74 Å². The summed E-state index contributed by atoms with van der Waals surface area (Å²) < 4.78 is 5.82. The largest absolute Gasteiger partial charge is 0.373 e. The van der Waals surface area contributed by atoms with Crippen LogP contribution in [0.3, 0.4) is 0 Å². The van der Waals surface area contributed by atoms with E-state index in [-0.39, 0.29) is 0 Å². The summed E-state index contributed by atoms with van der Waals surface area (Å²) in [5.41, 5.74) is 1.35. The van der Waals surface area contributed by atoms with Crippen LogP contribution in [0, 0.1) is 0 Å². The van der Waals surface area contributed by atoms with Gasteiger partial charge in [0.2, 0.25) is 0 Å². The van der Waals surface area contributed by atoms with Crippen molar-refractivity contribution in [2.24, 2.45) is 0 Å². The molecule has 1 aromatic rings. The van der Waals surface area contributed by atoms with Gasteiger partial charge in [0.05, 0.1) is 12.2 Å². The lowest BCUT2D eigenvalue weighted by Crippen LogP contribution is -2.52. The molecule has 19 heavy (non-hydrogen) atoms. The number of nitrogens with one attached hydrogen (secondary N) is 1. The fourth-order valence-electron chi connectivity index (χ4n) is 3.11. The van der Waals surface area contributed by atoms with Gasteiger partial charge in [-0.2, -0.15) is 0 Å². The third kappa shape index (κ3) is 3.56. The van der Waals surface area contributed by atoms with Crippen LogP contribution in [0.1, 0.15) is 32.4 Å². The minimum absolute atomic E-state index is 0.319. The summed E-state index contributed by atoms with van der Waals surface area (Å²) in [6.07, 6.45) is 0.638. The number of benzene rings is 1. The van der Waals surface area contributed by atoms with Gasteiger partial charge < -0.3 is 10.1 Å². The lowest BCUT2D eigenvalue weighted by molar-refractivity contribution is -0.0820. The summed E-state index contributed by atoms with van der Waals surface area (Å²) in [4.78, 5) is 2.53. The van der Waals surface area contributed by atoms with Gasteiger partial charge >= 0.3 is 0 Å². The molecular weight excluding hydrogens is 236 g/mol. The van der Waals surface area contributed by atoms with E-state index < -0.39 is 0 Å². The van der Waals surface area contributed by atoms with Crippen molar-refractivity contribution >= 4 is 0 Å². The lowest BCUT2D eigenvalue weighted by atomic mass is 9.98. The minimum atomic E-state index is 0.319. The van der Waals surface area contributed by atoms with E-state index in [4.69, 9.17) is 4.74 Å². The van der Waals surface area contributed by atoms with Gasteiger partial charge in [0, 0.05) is 25.2 Å². The third-order valence-corrected chi connectivity index (χ3v) is 3.98. The van der Waals surface area contributed by atoms with Gasteiger partial charge in [-0.05, 0) is 33.4 Å². The monoisotopic (exact) mass is 262 g/mol. The summed E-state index contributed by atoms with van der Waals surface area (Å²) in [5, 5.41) is 3.46. The topological polar surface area (TPSA) is 24.5 Å². The average Bonchev–Trinajstić information content (AvgIpc) is 2.39. The van der Waals surface area contributed by atoms with Crippen LogP contribution >= 0.6 is 0 Å². The molecule has 2 unspecified atom stereocenters. The first-order valence-electron chi connectivity index (χ1n) is 7.23. The molecular formula is C16H26N2O. The standard InChI is InChI=1S/C16H26N2O/c1-12-10-18(11-13(2)19-12)14(3)16(17-4)15-8-6-5-7-9-15/h5-9,12-14,16-17H,10-11H2,1-4H3/t12-,13+,14?,16?. The molecule has 1 N–H and O–H groups in total. The number of morpholine rings is 1. The van der Waals surface area contributed by atoms with Crippen LogP contribution in [0.2, 0.25) is 0 Å². The summed E-state index contributed by atoms with van der Waals surface area (Å²) in [6.45, 7) is 8.64. The summed E-state index contributed by atoms with van der Waals surface area (Å²) >= 11 is 0. The molecule has 3 heteroatoms. The van der Waals surface area contributed by atoms with Crippen LogP contribution in [0.15, 0.2) is 30.3 Å². The zero-order valence-corrected chi connectivity index (χ0v) is 12.5. The number of likely N-dealkylation sites (N-methyl/N-ethyl adjacent to an activating group) is 1. The van der Waals surface area contributed by atoms with E-state index in [1.807, 2.05) is 7.05 Å². The Bertz CT molecular complexity index is 372. The zero-order chi connectivity index (χ0) is 13.8. The van der Waals surface area contributed by atoms with Crippen molar-refractivity contribution in [3.8, 4) is 0 Å². The molecule has 1 fully saturated rings. The molecule has 1 aliphatic heterocycles. The van der Waals surface area contributed by atoms with Crippen LogP contribution in [0.25, 0.3) is 0 Å². The Kier molecular flexibility index (Phi) is 4.97. The van der Waals surface area contributed by atoms with Gasteiger partial charge in [0.1, 0.15) is 0 Å². The highest BCUT2D eigenvalue weighted by Gasteiger charge is 2.30. The van der Waals surface area contributed by atoms with Crippen LogP contribution in [0.4, 0.5) is 0 Å². The quantitative estimate of drug-likeness (QED) is 0.902. The van der Waals surface area contributed by atoms with E-state index in [1.54, 1.807) is 0 Å². The van der Waals surface area contributed by atoms with Crippen molar-refractivity contribution in [3.63, 3.8) is 0 Å². The molecule has 106 valence electrons. The molecule has 0 spiro atoms. The highest BCUT2D eigenvalue weighted by molar-refractivity contribution is 5.20. The number of ether oxygens (including phenoxy) is 1. The molecule has 3 nitrogen and oxygen atoms in total. The maximum Gasteiger partial charge on any atom is 0.0678 e. The number of hydrogen-bond donors (Lipinski definition) is 1. The first kappa shape index (κ1) is 14.5. The van der Waals surface area contributed by atoms with Crippen molar-refractivity contribution in [1.82, 2.24) is 10.2 Å². The van der Waals surface area contributed by atoms with Crippen molar-refractivity contribution in [2.75, 3.05) is 20.1 Å². The normalized spacial score (nSPS) is 28.0. The van der Waals surface area contributed by atoms with E-state index in [1.165, 1.54) is 5.56 Å². The number of hydrogen-bond acceptors (Lipinski definition) is 3. The van der Waals surface area contributed by atoms with Crippen LogP contribution < -0.4 is 5.32 Å². The molecule has 1 heterocycles. The van der Waals surface area contributed by atoms with Gasteiger partial charge in [0.25, 0.3) is 0 Å². The average molecular weight is 262 g/mol. The second-order valence-electron chi connectivity index (χ2n) is 5.63. The molecule has 0 saturated carbocycles. The van der Waals surface area contributed by atoms with Crippen LogP contribution in [0.5, 0.6) is 0 Å². The Morgan fingerprint density at radius 1 is 1.16 bits per heavy atom. The molecule has 0 aromatic heterocycles. The molecule has 0 bridgehead atoms. The Balaban J connectivity index is 2.10. The fraction of sp³-hybridized carbons (Fsp3) is 0.625. The smallest absolute Gasteiger partial charge is 0.0678 e. The Labute approximate surface area is 116 Å². The van der Waals surface area contributed by atoms with Gasteiger partial charge in [-0.1, -0.05) is 30.3 Å².